The fraction of sp³-hybridized carbons (Fsp3) is 0.167. The van der Waals surface area contributed by atoms with Crippen LogP contribution in [-0.4, -0.2) is 27.7 Å². The molecule has 0 aliphatic carbocycles. The molecule has 1 heterocycles. The number of aromatic nitrogens is 2. The molecule has 0 aliphatic heterocycles. The van der Waals surface area contributed by atoms with Crippen LogP contribution in [0, 0.1) is 10.1 Å². The zero-order chi connectivity index (χ0) is 12.8. The molecule has 0 aliphatic rings. The van der Waals surface area contributed by atoms with E-state index in [0.717, 1.165) is 17.7 Å². The van der Waals surface area contributed by atoms with Gasteiger partial charge in [-0.3, -0.25) is 15.1 Å². The van der Waals surface area contributed by atoms with Crippen molar-refractivity contribution in [2.24, 2.45) is 4.99 Å². The molecule has 0 radical (unpaired) electrons. The standard InChI is InChI=1S/C12H12N4O2/c17-16(18)12-3-1-2-10(6-12)7-13-5-4-11-8-14-9-15-11/h1-3,6-9H,4-5H2,(H,14,15). The minimum atomic E-state index is -0.415. The molecule has 0 spiro atoms. The van der Waals surface area contributed by atoms with Crippen LogP contribution in [0.15, 0.2) is 41.8 Å². The van der Waals surface area contributed by atoms with Gasteiger partial charge in [0.25, 0.3) is 5.69 Å². The van der Waals surface area contributed by atoms with Crippen molar-refractivity contribution in [2.45, 2.75) is 6.42 Å². The molecule has 1 aromatic carbocycles. The highest BCUT2D eigenvalue weighted by molar-refractivity contribution is 5.80. The smallest absolute Gasteiger partial charge is 0.270 e. The molecule has 0 saturated carbocycles. The molecule has 2 rings (SSSR count). The quantitative estimate of drug-likeness (QED) is 0.495. The van der Waals surface area contributed by atoms with Crippen molar-refractivity contribution in [1.29, 1.82) is 0 Å². The van der Waals surface area contributed by atoms with Crippen LogP contribution in [-0.2, 0) is 6.42 Å². The molecule has 6 heteroatoms. The number of hydrogen-bond acceptors (Lipinski definition) is 4. The van der Waals surface area contributed by atoms with Crippen LogP contribution >= 0.6 is 0 Å². The summed E-state index contributed by atoms with van der Waals surface area (Å²) in [6.07, 6.45) is 5.79. The lowest BCUT2D eigenvalue weighted by molar-refractivity contribution is -0.384. The number of aromatic amines is 1. The maximum absolute atomic E-state index is 10.6. The molecule has 1 N–H and O–H groups in total. The van der Waals surface area contributed by atoms with Gasteiger partial charge in [-0.1, -0.05) is 12.1 Å². The molecule has 0 atom stereocenters. The number of nitro groups is 1. The topological polar surface area (TPSA) is 84.2 Å². The van der Waals surface area contributed by atoms with Crippen LogP contribution in [0.3, 0.4) is 0 Å². The van der Waals surface area contributed by atoms with Gasteiger partial charge >= 0.3 is 0 Å². The molecule has 1 aromatic heterocycles. The molecule has 0 saturated heterocycles. The van der Waals surface area contributed by atoms with E-state index < -0.39 is 4.92 Å². The summed E-state index contributed by atoms with van der Waals surface area (Å²) in [5, 5.41) is 10.6. The number of non-ortho nitro benzene ring substituents is 1. The molecule has 2 aromatic rings. The van der Waals surface area contributed by atoms with E-state index in [0.29, 0.717) is 6.54 Å². The second kappa shape index (κ2) is 5.72. The SMILES string of the molecule is O=[N+]([O-])c1cccc(C=NCCc2cnc[nH]2)c1. The van der Waals surface area contributed by atoms with Crippen LogP contribution in [0.25, 0.3) is 0 Å². The van der Waals surface area contributed by atoms with Gasteiger partial charge in [0.15, 0.2) is 0 Å². The maximum Gasteiger partial charge on any atom is 0.270 e. The van der Waals surface area contributed by atoms with Gasteiger partial charge < -0.3 is 4.98 Å². The number of rotatable bonds is 5. The van der Waals surface area contributed by atoms with Gasteiger partial charge in [-0.2, -0.15) is 0 Å². The van der Waals surface area contributed by atoms with Crippen molar-refractivity contribution < 1.29 is 4.92 Å². The van der Waals surface area contributed by atoms with Gasteiger partial charge in [0, 0.05) is 43.2 Å². The highest BCUT2D eigenvalue weighted by Gasteiger charge is 2.03. The summed E-state index contributed by atoms with van der Waals surface area (Å²) >= 11 is 0. The van der Waals surface area contributed by atoms with Crippen LogP contribution in [0.5, 0.6) is 0 Å². The molecule has 6 nitrogen and oxygen atoms in total. The lowest BCUT2D eigenvalue weighted by Gasteiger charge is -1.94. The second-order valence-corrected chi connectivity index (χ2v) is 3.71. The van der Waals surface area contributed by atoms with Gasteiger partial charge in [-0.05, 0) is 5.56 Å². The number of hydrogen-bond donors (Lipinski definition) is 1. The Morgan fingerprint density at radius 3 is 3.11 bits per heavy atom. The number of nitro benzene ring substituents is 1. The highest BCUT2D eigenvalue weighted by atomic mass is 16.6. The van der Waals surface area contributed by atoms with Gasteiger partial charge in [0.2, 0.25) is 0 Å². The number of nitrogens with zero attached hydrogens (tertiary/aromatic N) is 3. The van der Waals surface area contributed by atoms with E-state index in [2.05, 4.69) is 15.0 Å². The fourth-order valence-electron chi connectivity index (χ4n) is 1.50. The van der Waals surface area contributed by atoms with Crippen molar-refractivity contribution in [3.63, 3.8) is 0 Å². The number of H-pyrrole nitrogens is 1. The van der Waals surface area contributed by atoms with E-state index in [9.17, 15) is 10.1 Å². The first kappa shape index (κ1) is 12.0. The second-order valence-electron chi connectivity index (χ2n) is 3.71. The zero-order valence-corrected chi connectivity index (χ0v) is 9.61. The Hall–Kier alpha value is -2.50. The Morgan fingerprint density at radius 2 is 2.39 bits per heavy atom. The number of aliphatic imine (C=N–C) groups is 1. The molecule has 92 valence electrons. The lowest BCUT2D eigenvalue weighted by Crippen LogP contribution is -1.92. The van der Waals surface area contributed by atoms with E-state index in [1.165, 1.54) is 12.1 Å². The Bertz CT molecular complexity index is 549. The number of imidazole rings is 1. The average molecular weight is 244 g/mol. The van der Waals surface area contributed by atoms with Crippen LogP contribution < -0.4 is 0 Å². The minimum Gasteiger partial charge on any atom is -0.348 e. The van der Waals surface area contributed by atoms with E-state index in [4.69, 9.17) is 0 Å². The summed E-state index contributed by atoms with van der Waals surface area (Å²) in [5.41, 5.74) is 1.83. The molecule has 0 fully saturated rings. The van der Waals surface area contributed by atoms with Crippen LogP contribution in [0.4, 0.5) is 5.69 Å². The Morgan fingerprint density at radius 1 is 1.50 bits per heavy atom. The molecule has 0 amide bonds. The normalized spacial score (nSPS) is 10.9. The molecule has 0 bridgehead atoms. The summed E-state index contributed by atoms with van der Waals surface area (Å²) < 4.78 is 0. The Labute approximate surface area is 104 Å². The van der Waals surface area contributed by atoms with Crippen molar-refractivity contribution in [2.75, 3.05) is 6.54 Å². The molecular weight excluding hydrogens is 232 g/mol. The summed E-state index contributed by atoms with van der Waals surface area (Å²) in [6, 6.07) is 6.39. The molecule has 0 unspecified atom stereocenters. The Kier molecular flexibility index (Phi) is 3.80. The van der Waals surface area contributed by atoms with Crippen molar-refractivity contribution in [3.8, 4) is 0 Å². The Balaban J connectivity index is 1.92. The fourth-order valence-corrected chi connectivity index (χ4v) is 1.50. The van der Waals surface area contributed by atoms with Crippen molar-refractivity contribution >= 4 is 11.9 Å². The first-order valence-electron chi connectivity index (χ1n) is 5.47. The van der Waals surface area contributed by atoms with Gasteiger partial charge in [0.05, 0.1) is 11.3 Å². The maximum atomic E-state index is 10.6. The summed E-state index contributed by atoms with van der Waals surface area (Å²) in [4.78, 5) is 21.3. The molecule has 18 heavy (non-hydrogen) atoms. The van der Waals surface area contributed by atoms with E-state index in [1.54, 1.807) is 30.9 Å². The van der Waals surface area contributed by atoms with Gasteiger partial charge in [-0.25, -0.2) is 4.98 Å². The van der Waals surface area contributed by atoms with E-state index in [-0.39, 0.29) is 5.69 Å². The summed E-state index contributed by atoms with van der Waals surface area (Å²) in [6.45, 7) is 0.616. The lowest BCUT2D eigenvalue weighted by atomic mass is 10.2. The van der Waals surface area contributed by atoms with Crippen LogP contribution in [0.1, 0.15) is 11.3 Å². The predicted molar refractivity (Wildman–Crippen MR) is 67.8 cm³/mol. The van der Waals surface area contributed by atoms with Gasteiger partial charge in [0.1, 0.15) is 0 Å². The number of benzene rings is 1. The van der Waals surface area contributed by atoms with E-state index >= 15 is 0 Å². The summed E-state index contributed by atoms with van der Waals surface area (Å²) in [7, 11) is 0. The first-order valence-corrected chi connectivity index (χ1v) is 5.47. The predicted octanol–water partition coefficient (Wildman–Crippen LogP) is 1.98. The number of nitrogens with one attached hydrogen (secondary N) is 1. The monoisotopic (exact) mass is 244 g/mol. The summed E-state index contributed by atoms with van der Waals surface area (Å²) in [5.74, 6) is 0. The third-order valence-electron chi connectivity index (χ3n) is 2.39. The first-order chi connectivity index (χ1) is 8.75. The third-order valence-corrected chi connectivity index (χ3v) is 2.39. The highest BCUT2D eigenvalue weighted by Crippen LogP contribution is 2.11. The third kappa shape index (κ3) is 3.24. The molecular formula is C12H12N4O2. The zero-order valence-electron chi connectivity index (χ0n) is 9.61. The van der Waals surface area contributed by atoms with Crippen LogP contribution in [0.2, 0.25) is 0 Å². The van der Waals surface area contributed by atoms with Crippen molar-refractivity contribution in [1.82, 2.24) is 9.97 Å². The van der Waals surface area contributed by atoms with Gasteiger partial charge in [-0.15, -0.1) is 0 Å². The van der Waals surface area contributed by atoms with E-state index in [1.807, 2.05) is 0 Å². The van der Waals surface area contributed by atoms with Crippen molar-refractivity contribution in [3.05, 3.63) is 58.2 Å². The average Bonchev–Trinajstić information content (AvgIpc) is 2.88. The minimum absolute atomic E-state index is 0.0764. The largest absolute Gasteiger partial charge is 0.348 e.